The van der Waals surface area contributed by atoms with Gasteiger partial charge in [0.2, 0.25) is 0 Å². The van der Waals surface area contributed by atoms with Gasteiger partial charge in [-0.05, 0) is 36.3 Å². The minimum Gasteiger partial charge on any atom is -0.378 e. The molecular formula is C19H19N3O2. The van der Waals surface area contributed by atoms with Gasteiger partial charge in [-0.1, -0.05) is 18.2 Å². The number of carbonyl (C=O) groups is 2. The smallest absolute Gasteiger partial charge is 0.271 e. The molecule has 1 heterocycles. The van der Waals surface area contributed by atoms with Crippen LogP contribution in [-0.4, -0.2) is 37.4 Å². The highest BCUT2D eigenvalue weighted by molar-refractivity contribution is 6.19. The lowest BCUT2D eigenvalue weighted by Gasteiger charge is -2.26. The number of benzene rings is 1. The Morgan fingerprint density at radius 2 is 1.83 bits per heavy atom. The summed E-state index contributed by atoms with van der Waals surface area (Å²) < 4.78 is 0. The number of hydrogen-bond donors (Lipinski definition) is 0. The Labute approximate surface area is 141 Å². The number of nitriles is 1. The topological polar surface area (TPSA) is 64.4 Å². The minimum absolute atomic E-state index is 0.00684. The van der Waals surface area contributed by atoms with Crippen molar-refractivity contribution in [2.75, 3.05) is 25.5 Å². The summed E-state index contributed by atoms with van der Waals surface area (Å²) in [6.07, 6.45) is 3.17. The molecule has 0 saturated carbocycles. The second-order valence-electron chi connectivity index (χ2n) is 5.67. The molecule has 0 atom stereocenters. The zero-order chi connectivity index (χ0) is 17.9. The van der Waals surface area contributed by atoms with Gasteiger partial charge < -0.3 is 4.90 Å². The highest BCUT2D eigenvalue weighted by Gasteiger charge is 2.34. The van der Waals surface area contributed by atoms with E-state index in [1.54, 1.807) is 13.0 Å². The van der Waals surface area contributed by atoms with Crippen LogP contribution in [0, 0.1) is 11.3 Å². The molecule has 1 aromatic carbocycles. The first kappa shape index (κ1) is 17.2. The molecule has 122 valence electrons. The molecule has 24 heavy (non-hydrogen) atoms. The molecule has 1 aliphatic heterocycles. The van der Waals surface area contributed by atoms with E-state index in [1.807, 2.05) is 49.3 Å². The SMILES string of the molecule is C=CCN1C(=O)C(C#N)=C(C)/C(=C/c2ccc(N(C)C)cc2)C1=O. The predicted octanol–water partition coefficient (Wildman–Crippen LogP) is 2.53. The van der Waals surface area contributed by atoms with Crippen LogP contribution in [0.25, 0.3) is 6.08 Å². The summed E-state index contributed by atoms with van der Waals surface area (Å²) >= 11 is 0. The van der Waals surface area contributed by atoms with Gasteiger partial charge in [0.1, 0.15) is 11.6 Å². The first-order chi connectivity index (χ1) is 11.4. The summed E-state index contributed by atoms with van der Waals surface area (Å²) in [4.78, 5) is 27.9. The monoisotopic (exact) mass is 321 g/mol. The number of nitrogens with zero attached hydrogens (tertiary/aromatic N) is 3. The largest absolute Gasteiger partial charge is 0.378 e. The van der Waals surface area contributed by atoms with Gasteiger partial charge in [-0.3, -0.25) is 14.5 Å². The van der Waals surface area contributed by atoms with Crippen LogP contribution in [0.3, 0.4) is 0 Å². The lowest BCUT2D eigenvalue weighted by atomic mass is 9.93. The third-order valence-electron chi connectivity index (χ3n) is 3.86. The predicted molar refractivity (Wildman–Crippen MR) is 94.0 cm³/mol. The highest BCUT2D eigenvalue weighted by atomic mass is 16.2. The maximum absolute atomic E-state index is 12.6. The van der Waals surface area contributed by atoms with E-state index in [-0.39, 0.29) is 12.1 Å². The van der Waals surface area contributed by atoms with Gasteiger partial charge in [-0.25, -0.2) is 0 Å². The molecule has 0 saturated heterocycles. The average Bonchev–Trinajstić information content (AvgIpc) is 2.56. The first-order valence-electron chi connectivity index (χ1n) is 7.48. The molecule has 0 bridgehead atoms. The fourth-order valence-electron chi connectivity index (χ4n) is 2.46. The maximum Gasteiger partial charge on any atom is 0.271 e. The van der Waals surface area contributed by atoms with Crippen LogP contribution >= 0.6 is 0 Å². The molecule has 1 aliphatic rings. The van der Waals surface area contributed by atoms with E-state index in [2.05, 4.69) is 6.58 Å². The van der Waals surface area contributed by atoms with Crippen molar-refractivity contribution >= 4 is 23.6 Å². The lowest BCUT2D eigenvalue weighted by molar-refractivity contribution is -0.139. The number of carbonyl (C=O) groups excluding carboxylic acids is 2. The summed E-state index contributed by atoms with van der Waals surface area (Å²) in [6, 6.07) is 9.57. The molecule has 1 aromatic rings. The average molecular weight is 321 g/mol. The Morgan fingerprint density at radius 3 is 2.33 bits per heavy atom. The molecule has 2 rings (SSSR count). The van der Waals surface area contributed by atoms with Crippen LogP contribution in [0.15, 0.2) is 53.6 Å². The van der Waals surface area contributed by atoms with E-state index in [0.29, 0.717) is 11.1 Å². The van der Waals surface area contributed by atoms with Crippen LogP contribution in [0.2, 0.25) is 0 Å². The first-order valence-corrected chi connectivity index (χ1v) is 7.48. The van der Waals surface area contributed by atoms with E-state index in [0.717, 1.165) is 16.2 Å². The second kappa shape index (κ2) is 6.97. The Morgan fingerprint density at radius 1 is 1.21 bits per heavy atom. The van der Waals surface area contributed by atoms with Gasteiger partial charge in [0.15, 0.2) is 0 Å². The van der Waals surface area contributed by atoms with Crippen molar-refractivity contribution in [3.63, 3.8) is 0 Å². The van der Waals surface area contributed by atoms with Crippen LogP contribution in [0.1, 0.15) is 12.5 Å². The van der Waals surface area contributed by atoms with Gasteiger partial charge >= 0.3 is 0 Å². The Balaban J connectivity index is 2.51. The summed E-state index contributed by atoms with van der Waals surface area (Å²) in [6.45, 7) is 5.26. The Bertz CT molecular complexity index is 793. The molecule has 0 unspecified atom stereocenters. The van der Waals surface area contributed by atoms with Crippen LogP contribution in [-0.2, 0) is 9.59 Å². The number of hydrogen-bond acceptors (Lipinski definition) is 4. The molecule has 0 N–H and O–H groups in total. The van der Waals surface area contributed by atoms with Gasteiger partial charge in [0.05, 0.1) is 0 Å². The zero-order valence-corrected chi connectivity index (χ0v) is 14.0. The quantitative estimate of drug-likeness (QED) is 0.486. The van der Waals surface area contributed by atoms with E-state index in [4.69, 9.17) is 0 Å². The van der Waals surface area contributed by atoms with Crippen molar-refractivity contribution in [2.45, 2.75) is 6.92 Å². The van der Waals surface area contributed by atoms with Crippen LogP contribution < -0.4 is 4.90 Å². The minimum atomic E-state index is -0.569. The molecule has 0 aliphatic carbocycles. The fraction of sp³-hybridized carbons (Fsp3) is 0.211. The van der Waals surface area contributed by atoms with E-state index >= 15 is 0 Å². The normalized spacial score (nSPS) is 16.4. The molecule has 5 heteroatoms. The fourth-order valence-corrected chi connectivity index (χ4v) is 2.46. The van der Waals surface area contributed by atoms with Crippen molar-refractivity contribution < 1.29 is 9.59 Å². The second-order valence-corrected chi connectivity index (χ2v) is 5.67. The lowest BCUT2D eigenvalue weighted by Crippen LogP contribution is -2.42. The molecule has 0 fully saturated rings. The summed E-state index contributed by atoms with van der Waals surface area (Å²) in [5, 5.41) is 9.26. The van der Waals surface area contributed by atoms with Gasteiger partial charge in [0, 0.05) is 31.9 Å². The standard InChI is InChI=1S/C19H19N3O2/c1-5-10-22-18(23)16(13(2)17(12-20)19(22)24)11-14-6-8-15(9-7-14)21(3)4/h5-9,11H,1,10H2,2-4H3/b16-11-. The third kappa shape index (κ3) is 3.13. The highest BCUT2D eigenvalue weighted by Crippen LogP contribution is 2.27. The van der Waals surface area contributed by atoms with E-state index < -0.39 is 11.8 Å². The molecular weight excluding hydrogens is 302 g/mol. The van der Waals surface area contributed by atoms with E-state index in [1.165, 1.54) is 6.08 Å². The van der Waals surface area contributed by atoms with Crippen molar-refractivity contribution in [1.82, 2.24) is 4.90 Å². The van der Waals surface area contributed by atoms with Crippen LogP contribution in [0.4, 0.5) is 5.69 Å². The number of anilines is 1. The number of imide groups is 1. The van der Waals surface area contributed by atoms with Crippen molar-refractivity contribution in [3.05, 3.63) is 59.2 Å². The van der Waals surface area contributed by atoms with Gasteiger partial charge in [-0.2, -0.15) is 5.26 Å². The van der Waals surface area contributed by atoms with Gasteiger partial charge in [-0.15, -0.1) is 6.58 Å². The zero-order valence-electron chi connectivity index (χ0n) is 14.0. The summed E-state index contributed by atoms with van der Waals surface area (Å²) in [5.74, 6) is -0.979. The molecule has 0 radical (unpaired) electrons. The Hall–Kier alpha value is -3.13. The van der Waals surface area contributed by atoms with Crippen LogP contribution in [0.5, 0.6) is 0 Å². The van der Waals surface area contributed by atoms with E-state index in [9.17, 15) is 14.9 Å². The van der Waals surface area contributed by atoms with Crippen molar-refractivity contribution in [2.24, 2.45) is 0 Å². The molecule has 0 aromatic heterocycles. The Kier molecular flexibility index (Phi) is 5.00. The van der Waals surface area contributed by atoms with Crippen molar-refractivity contribution in [3.8, 4) is 6.07 Å². The number of rotatable bonds is 4. The third-order valence-corrected chi connectivity index (χ3v) is 3.86. The van der Waals surface area contributed by atoms with Crippen molar-refractivity contribution in [1.29, 1.82) is 5.26 Å². The molecule has 5 nitrogen and oxygen atoms in total. The maximum atomic E-state index is 12.6. The number of amides is 2. The molecule has 2 amide bonds. The summed E-state index contributed by atoms with van der Waals surface area (Å²) in [7, 11) is 3.89. The van der Waals surface area contributed by atoms with Gasteiger partial charge in [0.25, 0.3) is 11.8 Å². The molecule has 0 spiro atoms. The summed E-state index contributed by atoms with van der Waals surface area (Å²) in [5.41, 5.74) is 2.62.